The van der Waals surface area contributed by atoms with Crippen LogP contribution in [0.25, 0.3) is 0 Å². The molecule has 3 N–H and O–H groups in total. The Kier molecular flexibility index (Phi) is 20.3. The highest BCUT2D eigenvalue weighted by atomic mass is 16.5. The molecule has 0 unspecified atom stereocenters. The number of ether oxygens (including phenoxy) is 2. The Morgan fingerprint density at radius 2 is 1.38 bits per heavy atom. The molecule has 5 aliphatic rings. The fourth-order valence-electron chi connectivity index (χ4n) is 14.1. The van der Waals surface area contributed by atoms with Gasteiger partial charge in [-0.2, -0.15) is 0 Å². The minimum Gasteiger partial charge on any atom is -0.465 e. The Balaban J connectivity index is 1.01. The van der Waals surface area contributed by atoms with E-state index < -0.39 is 30.3 Å². The van der Waals surface area contributed by atoms with Crippen LogP contribution in [0.1, 0.15) is 228 Å². The van der Waals surface area contributed by atoms with E-state index in [1.807, 2.05) is 0 Å². The normalized spacial score (nSPS) is 36.3. The summed E-state index contributed by atoms with van der Waals surface area (Å²) in [5.74, 6) is 4.97. The number of carbonyl (C=O) groups is 1. The van der Waals surface area contributed by atoms with Gasteiger partial charge in [-0.1, -0.05) is 163 Å². The van der Waals surface area contributed by atoms with Crippen LogP contribution in [0.2, 0.25) is 0 Å². The lowest BCUT2D eigenvalue weighted by Gasteiger charge is -2.58. The summed E-state index contributed by atoms with van der Waals surface area (Å²) < 4.78 is 12.3. The van der Waals surface area contributed by atoms with Crippen LogP contribution in [0.4, 0.5) is 0 Å². The fraction of sp³-hybridized carbons (Fsp3) is 0.944. The van der Waals surface area contributed by atoms with Crippen molar-refractivity contribution in [3.05, 3.63) is 11.6 Å². The predicted molar refractivity (Wildman–Crippen MR) is 248 cm³/mol. The Bertz CT molecular complexity index is 1280. The van der Waals surface area contributed by atoms with Crippen LogP contribution in [0.5, 0.6) is 0 Å². The third-order valence-corrected chi connectivity index (χ3v) is 18.2. The van der Waals surface area contributed by atoms with Crippen LogP contribution < -0.4 is 0 Å². The van der Waals surface area contributed by atoms with Crippen molar-refractivity contribution in [2.24, 2.45) is 58.2 Å². The van der Waals surface area contributed by atoms with Crippen molar-refractivity contribution >= 4 is 5.97 Å². The Labute approximate surface area is 369 Å². The van der Waals surface area contributed by atoms with Crippen LogP contribution in [0.15, 0.2) is 11.6 Å². The number of aliphatic hydroxyl groups is 3. The molecule has 0 aromatic heterocycles. The number of aliphatic hydroxyl groups excluding tert-OH is 3. The zero-order valence-corrected chi connectivity index (χ0v) is 40.2. The summed E-state index contributed by atoms with van der Waals surface area (Å²) >= 11 is 0. The molecular weight excluding hydrogens is 745 g/mol. The summed E-state index contributed by atoms with van der Waals surface area (Å²) in [7, 11) is 0. The van der Waals surface area contributed by atoms with Crippen molar-refractivity contribution in [3.63, 3.8) is 0 Å². The van der Waals surface area contributed by atoms with Crippen molar-refractivity contribution < 1.29 is 29.6 Å². The molecule has 0 heterocycles. The SMILES string of the molecule is CCCCCCCCCCCCCCCCCC(=O)OC[C@H]1C[C@@H](O[C@H]2CC[C@@]3(C)C(=CC[C@@H]4[C@H]5CC[C@@H]([C@@H](C)CC[C@H](CC)C(C)C)[C@]5(C)CC[C@@H]43)C2)[C@H](O)[C@@H](O)[C@@H]1O. The number of rotatable bonds is 26. The molecule has 6 nitrogen and oxygen atoms in total. The zero-order valence-electron chi connectivity index (χ0n) is 40.2. The second kappa shape index (κ2) is 24.4. The van der Waals surface area contributed by atoms with Gasteiger partial charge in [-0.05, 0) is 123 Å². The largest absolute Gasteiger partial charge is 0.465 e. The maximum Gasteiger partial charge on any atom is 0.305 e. The smallest absolute Gasteiger partial charge is 0.305 e. The Morgan fingerprint density at radius 3 is 2.00 bits per heavy atom. The topological polar surface area (TPSA) is 96.2 Å². The van der Waals surface area contributed by atoms with Crippen LogP contribution in [0.3, 0.4) is 0 Å². The molecule has 4 fully saturated rings. The van der Waals surface area contributed by atoms with E-state index in [0.717, 1.165) is 80.0 Å². The minimum atomic E-state index is -1.32. The van der Waals surface area contributed by atoms with E-state index in [-0.39, 0.29) is 24.1 Å². The van der Waals surface area contributed by atoms with Crippen molar-refractivity contribution in [1.29, 1.82) is 0 Å². The molecule has 0 aromatic carbocycles. The molecule has 5 aliphatic carbocycles. The molecule has 348 valence electrons. The van der Waals surface area contributed by atoms with Gasteiger partial charge >= 0.3 is 5.97 Å². The van der Waals surface area contributed by atoms with E-state index in [9.17, 15) is 20.1 Å². The Hall–Kier alpha value is -0.950. The first-order chi connectivity index (χ1) is 28.8. The third-order valence-electron chi connectivity index (χ3n) is 18.2. The zero-order chi connectivity index (χ0) is 43.3. The molecule has 6 heteroatoms. The standard InChI is InChI=1S/C54H96O6/c1-8-10-11-12-13-14-15-16-17-18-19-20-21-22-23-24-49(55)59-37-41-35-48(51(57)52(58)50(41)56)60-43-31-33-53(6)42(36-43)27-28-44-46-30-29-45(54(46,7)34-32-47(44)53)39(5)25-26-40(9-2)38(3)4/h27,38-41,43-48,50-52,56-58H,8-26,28-37H2,1-7H3/t39-,40-,41+,43-,44+,45-,46+,47-,48+,50+,51-,52-,53-,54-/m0/s1. The summed E-state index contributed by atoms with van der Waals surface area (Å²) in [6.45, 7) is 17.3. The first kappa shape index (κ1) is 50.1. The summed E-state index contributed by atoms with van der Waals surface area (Å²) in [4.78, 5) is 12.7. The predicted octanol–water partition coefficient (Wildman–Crippen LogP) is 13.3. The molecule has 0 spiro atoms. The average molecular weight is 841 g/mol. The number of hydrogen-bond acceptors (Lipinski definition) is 6. The second-order valence-corrected chi connectivity index (χ2v) is 22.3. The summed E-state index contributed by atoms with van der Waals surface area (Å²) in [5, 5.41) is 32.9. The highest BCUT2D eigenvalue weighted by Gasteiger charge is 2.59. The lowest BCUT2D eigenvalue weighted by atomic mass is 9.47. The monoisotopic (exact) mass is 841 g/mol. The van der Waals surface area contributed by atoms with Gasteiger partial charge in [0.2, 0.25) is 0 Å². The molecule has 0 bridgehead atoms. The van der Waals surface area contributed by atoms with Crippen LogP contribution in [-0.2, 0) is 14.3 Å². The molecule has 5 rings (SSSR count). The van der Waals surface area contributed by atoms with Gasteiger partial charge in [0.15, 0.2) is 0 Å². The van der Waals surface area contributed by atoms with E-state index in [1.165, 1.54) is 128 Å². The lowest BCUT2D eigenvalue weighted by Crippen LogP contribution is -2.56. The second-order valence-electron chi connectivity index (χ2n) is 22.3. The minimum absolute atomic E-state index is 0.0142. The van der Waals surface area contributed by atoms with Crippen molar-refractivity contribution in [1.82, 2.24) is 0 Å². The van der Waals surface area contributed by atoms with Gasteiger partial charge in [-0.15, -0.1) is 0 Å². The summed E-state index contributed by atoms with van der Waals surface area (Å²) in [6.07, 6.45) is 32.2. The maximum atomic E-state index is 12.7. The van der Waals surface area contributed by atoms with Crippen LogP contribution in [0, 0.1) is 58.2 Å². The van der Waals surface area contributed by atoms with Gasteiger partial charge < -0.3 is 24.8 Å². The van der Waals surface area contributed by atoms with Gasteiger partial charge in [0.25, 0.3) is 0 Å². The number of carbonyl (C=O) groups excluding carboxylic acids is 1. The molecular formula is C54H96O6. The Morgan fingerprint density at radius 1 is 0.750 bits per heavy atom. The van der Waals surface area contributed by atoms with Crippen LogP contribution >= 0.6 is 0 Å². The molecule has 14 atom stereocenters. The number of fused-ring (bicyclic) bond motifs is 5. The average Bonchev–Trinajstić information content (AvgIpc) is 3.59. The first-order valence-electron chi connectivity index (χ1n) is 26.4. The molecule has 4 saturated carbocycles. The number of esters is 1. The lowest BCUT2D eigenvalue weighted by molar-refractivity contribution is -0.197. The highest BCUT2D eigenvalue weighted by molar-refractivity contribution is 5.69. The van der Waals surface area contributed by atoms with E-state index in [1.54, 1.807) is 5.57 Å². The maximum absolute atomic E-state index is 12.7. The van der Waals surface area contributed by atoms with Gasteiger partial charge in [0, 0.05) is 12.3 Å². The third kappa shape index (κ3) is 12.9. The van der Waals surface area contributed by atoms with Crippen molar-refractivity contribution in [2.75, 3.05) is 6.61 Å². The first-order valence-corrected chi connectivity index (χ1v) is 26.4. The number of unbranched alkanes of at least 4 members (excludes halogenated alkanes) is 14. The summed E-state index contributed by atoms with van der Waals surface area (Å²) in [5.41, 5.74) is 2.24. The molecule has 0 radical (unpaired) electrons. The van der Waals surface area contributed by atoms with Gasteiger partial charge in [-0.3, -0.25) is 4.79 Å². The van der Waals surface area contributed by atoms with Gasteiger partial charge in [0.05, 0.1) is 24.9 Å². The van der Waals surface area contributed by atoms with Crippen molar-refractivity contribution in [3.8, 4) is 0 Å². The van der Waals surface area contributed by atoms with Gasteiger partial charge in [0.1, 0.15) is 12.2 Å². The quantitative estimate of drug-likeness (QED) is 0.0456. The number of hydrogen-bond donors (Lipinski definition) is 3. The van der Waals surface area contributed by atoms with E-state index in [2.05, 4.69) is 54.5 Å². The molecule has 0 saturated heterocycles. The highest BCUT2D eigenvalue weighted by Crippen LogP contribution is 2.67. The van der Waals surface area contributed by atoms with E-state index >= 15 is 0 Å². The summed E-state index contributed by atoms with van der Waals surface area (Å²) in [6, 6.07) is 0. The molecule has 60 heavy (non-hydrogen) atoms. The van der Waals surface area contributed by atoms with Crippen LogP contribution in [-0.4, -0.2) is 58.4 Å². The fourth-order valence-corrected chi connectivity index (χ4v) is 14.1. The molecule has 0 aromatic rings. The van der Waals surface area contributed by atoms with E-state index in [0.29, 0.717) is 18.3 Å². The van der Waals surface area contributed by atoms with Gasteiger partial charge in [-0.25, -0.2) is 0 Å². The van der Waals surface area contributed by atoms with E-state index in [4.69, 9.17) is 9.47 Å². The molecule has 0 aliphatic heterocycles. The van der Waals surface area contributed by atoms with Crippen molar-refractivity contribution in [2.45, 2.75) is 259 Å². The number of allylic oxidation sites excluding steroid dienone is 1. The molecule has 0 amide bonds.